The summed E-state index contributed by atoms with van der Waals surface area (Å²) in [5, 5.41) is 2.52. The minimum atomic E-state index is 0.915. The van der Waals surface area contributed by atoms with Gasteiger partial charge < -0.3 is 10.2 Å². The molecular weight excluding hydrogens is 252 g/mol. The van der Waals surface area contributed by atoms with Crippen molar-refractivity contribution < 1.29 is 10.2 Å². The summed E-state index contributed by atoms with van der Waals surface area (Å²) in [5.41, 5.74) is 1.47. The maximum absolute atomic E-state index is 3.48. The standard InChI is InChI=1S/C12H15BrN2/c13-10-3-1-9(2-4-10)7-15-8-11-5-12(15)6-14-11/h1-4,11-12,14H,5-8H2/p+2/t11-,12-/m1/s1. The number of hydrogen-bond acceptors (Lipinski definition) is 0. The third kappa shape index (κ3) is 1.96. The number of likely N-dealkylation sites (tertiary alicyclic amines) is 1. The first-order valence-electron chi connectivity index (χ1n) is 5.73. The van der Waals surface area contributed by atoms with E-state index in [1.807, 2.05) is 0 Å². The summed E-state index contributed by atoms with van der Waals surface area (Å²) >= 11 is 3.48. The number of fused-ring (bicyclic) bond motifs is 2. The van der Waals surface area contributed by atoms with Gasteiger partial charge in [0.25, 0.3) is 0 Å². The molecule has 0 saturated carbocycles. The van der Waals surface area contributed by atoms with Crippen LogP contribution in [0.25, 0.3) is 0 Å². The molecule has 1 aromatic carbocycles. The number of nitrogens with two attached hydrogens (primary N) is 1. The van der Waals surface area contributed by atoms with Crippen LogP contribution in [0.3, 0.4) is 0 Å². The van der Waals surface area contributed by atoms with E-state index in [9.17, 15) is 0 Å². The molecule has 2 aliphatic heterocycles. The van der Waals surface area contributed by atoms with Gasteiger partial charge in [0.2, 0.25) is 0 Å². The SMILES string of the molecule is Brc1ccc(C[NH+]2C[C@H]3C[C@@H]2C[NH2+]3)cc1. The minimum Gasteiger partial charge on any atom is -0.334 e. The van der Waals surface area contributed by atoms with Gasteiger partial charge in [-0.25, -0.2) is 0 Å². The molecular formula is C12H17BrN2+2. The molecule has 2 fully saturated rings. The Labute approximate surface area is 98.8 Å². The van der Waals surface area contributed by atoms with Crippen LogP contribution < -0.4 is 10.2 Å². The molecule has 2 nitrogen and oxygen atoms in total. The molecule has 2 bridgehead atoms. The Hall–Kier alpha value is -0.380. The van der Waals surface area contributed by atoms with Crippen LogP contribution in [0.15, 0.2) is 28.7 Å². The quantitative estimate of drug-likeness (QED) is 0.726. The van der Waals surface area contributed by atoms with Crippen LogP contribution in [0, 0.1) is 0 Å². The fourth-order valence-electron chi connectivity index (χ4n) is 3.00. The monoisotopic (exact) mass is 268 g/mol. The largest absolute Gasteiger partial charge is 0.334 e. The normalized spacial score (nSPS) is 33.5. The van der Waals surface area contributed by atoms with E-state index in [1.165, 1.54) is 36.1 Å². The summed E-state index contributed by atoms with van der Waals surface area (Å²) in [4.78, 5) is 1.80. The highest BCUT2D eigenvalue weighted by Gasteiger charge is 2.45. The van der Waals surface area contributed by atoms with Crippen LogP contribution in [-0.4, -0.2) is 25.2 Å². The van der Waals surface area contributed by atoms with Crippen LogP contribution in [0.1, 0.15) is 12.0 Å². The van der Waals surface area contributed by atoms with Gasteiger partial charge in [-0.2, -0.15) is 0 Å². The van der Waals surface area contributed by atoms with Crippen molar-refractivity contribution in [1.82, 2.24) is 0 Å². The van der Waals surface area contributed by atoms with Crippen LogP contribution in [0.4, 0.5) is 0 Å². The zero-order valence-electron chi connectivity index (χ0n) is 8.75. The number of nitrogens with one attached hydrogen (secondary N) is 1. The van der Waals surface area contributed by atoms with Crippen molar-refractivity contribution in [3.8, 4) is 0 Å². The second-order valence-corrected chi connectivity index (χ2v) is 5.75. The Morgan fingerprint density at radius 1 is 1.33 bits per heavy atom. The summed E-state index contributed by atoms with van der Waals surface area (Å²) < 4.78 is 1.18. The van der Waals surface area contributed by atoms with Crippen LogP contribution >= 0.6 is 15.9 Å². The maximum atomic E-state index is 3.48. The van der Waals surface area contributed by atoms with Gasteiger partial charge in [-0.05, 0) is 12.1 Å². The van der Waals surface area contributed by atoms with E-state index in [0.29, 0.717) is 0 Å². The molecule has 3 heteroatoms. The molecule has 2 aliphatic rings. The maximum Gasteiger partial charge on any atom is 0.143 e. The van der Waals surface area contributed by atoms with E-state index in [1.54, 1.807) is 4.90 Å². The van der Waals surface area contributed by atoms with Gasteiger partial charge in [-0.1, -0.05) is 28.1 Å². The Kier molecular flexibility index (Phi) is 2.54. The minimum absolute atomic E-state index is 0.915. The predicted molar refractivity (Wildman–Crippen MR) is 62.7 cm³/mol. The van der Waals surface area contributed by atoms with Crippen molar-refractivity contribution in [1.29, 1.82) is 0 Å². The molecule has 15 heavy (non-hydrogen) atoms. The second-order valence-electron chi connectivity index (χ2n) is 4.83. The highest BCUT2D eigenvalue weighted by molar-refractivity contribution is 9.10. The molecule has 0 radical (unpaired) electrons. The average molecular weight is 269 g/mol. The number of halogens is 1. The molecule has 1 unspecified atom stereocenters. The molecule has 0 aliphatic carbocycles. The van der Waals surface area contributed by atoms with Gasteiger partial charge in [0.15, 0.2) is 0 Å². The highest BCUT2D eigenvalue weighted by atomic mass is 79.9. The van der Waals surface area contributed by atoms with Crippen molar-refractivity contribution in [3.63, 3.8) is 0 Å². The number of piperazine rings is 1. The van der Waals surface area contributed by atoms with Gasteiger partial charge in [0, 0.05) is 10.0 Å². The summed E-state index contributed by atoms with van der Waals surface area (Å²) in [5.74, 6) is 0. The highest BCUT2D eigenvalue weighted by Crippen LogP contribution is 2.10. The number of rotatable bonds is 2. The van der Waals surface area contributed by atoms with Crippen molar-refractivity contribution in [2.75, 3.05) is 13.1 Å². The van der Waals surface area contributed by atoms with E-state index < -0.39 is 0 Å². The van der Waals surface area contributed by atoms with E-state index in [-0.39, 0.29) is 0 Å². The van der Waals surface area contributed by atoms with E-state index in [2.05, 4.69) is 45.5 Å². The lowest BCUT2D eigenvalue weighted by Gasteiger charge is -2.22. The van der Waals surface area contributed by atoms with Gasteiger partial charge in [0.05, 0.1) is 6.42 Å². The van der Waals surface area contributed by atoms with Gasteiger partial charge in [-0.15, -0.1) is 0 Å². The number of quaternary nitrogens is 2. The molecule has 3 N–H and O–H groups in total. The first-order chi connectivity index (χ1) is 7.31. The second kappa shape index (κ2) is 3.89. The van der Waals surface area contributed by atoms with Crippen LogP contribution in [0.2, 0.25) is 0 Å². The third-order valence-electron chi connectivity index (χ3n) is 3.79. The summed E-state index contributed by atoms with van der Waals surface area (Å²) in [6.07, 6.45) is 1.44. The molecule has 0 amide bonds. The van der Waals surface area contributed by atoms with Crippen molar-refractivity contribution in [2.24, 2.45) is 0 Å². The van der Waals surface area contributed by atoms with Crippen molar-refractivity contribution in [3.05, 3.63) is 34.3 Å². The van der Waals surface area contributed by atoms with Crippen LogP contribution in [-0.2, 0) is 6.54 Å². The van der Waals surface area contributed by atoms with Gasteiger partial charge in [-0.3, -0.25) is 0 Å². The average Bonchev–Trinajstić information content (AvgIpc) is 2.83. The predicted octanol–water partition coefficient (Wildman–Crippen LogP) is -0.448. The lowest BCUT2D eigenvalue weighted by atomic mass is 10.2. The smallest absolute Gasteiger partial charge is 0.143 e. The Morgan fingerprint density at radius 2 is 2.13 bits per heavy atom. The fourth-order valence-corrected chi connectivity index (χ4v) is 3.26. The Balaban J connectivity index is 1.68. The summed E-state index contributed by atoms with van der Waals surface area (Å²) in [6.45, 7) is 3.92. The van der Waals surface area contributed by atoms with E-state index >= 15 is 0 Å². The molecule has 1 aromatic rings. The molecule has 0 aromatic heterocycles. The summed E-state index contributed by atoms with van der Waals surface area (Å²) in [6, 6.07) is 10.6. The van der Waals surface area contributed by atoms with Crippen molar-refractivity contribution >= 4 is 15.9 Å². The third-order valence-corrected chi connectivity index (χ3v) is 4.32. The summed E-state index contributed by atoms with van der Waals surface area (Å²) in [7, 11) is 0. The number of hydrogen-bond donors (Lipinski definition) is 2. The Bertz CT molecular complexity index is 349. The molecule has 3 rings (SSSR count). The molecule has 2 saturated heterocycles. The molecule has 0 spiro atoms. The molecule has 2 heterocycles. The first-order valence-corrected chi connectivity index (χ1v) is 6.53. The lowest BCUT2D eigenvalue weighted by molar-refractivity contribution is -0.963. The molecule has 80 valence electrons. The topological polar surface area (TPSA) is 21.1 Å². The van der Waals surface area contributed by atoms with Crippen LogP contribution in [0.5, 0.6) is 0 Å². The lowest BCUT2D eigenvalue weighted by Crippen LogP contribution is -3.19. The fraction of sp³-hybridized carbons (Fsp3) is 0.500. The van der Waals surface area contributed by atoms with Gasteiger partial charge >= 0.3 is 0 Å². The van der Waals surface area contributed by atoms with E-state index in [0.717, 1.165) is 12.1 Å². The first kappa shape index (κ1) is 9.82. The number of benzene rings is 1. The van der Waals surface area contributed by atoms with Gasteiger partial charge in [0.1, 0.15) is 31.7 Å². The molecule has 3 atom stereocenters. The Morgan fingerprint density at radius 3 is 2.73 bits per heavy atom. The van der Waals surface area contributed by atoms with E-state index in [4.69, 9.17) is 0 Å². The van der Waals surface area contributed by atoms with Crippen molar-refractivity contribution in [2.45, 2.75) is 25.0 Å². The zero-order chi connectivity index (χ0) is 10.3. The zero-order valence-corrected chi connectivity index (χ0v) is 10.3.